The van der Waals surface area contributed by atoms with Gasteiger partial charge in [0.05, 0.1) is 6.54 Å². The van der Waals surface area contributed by atoms with Crippen LogP contribution in [0.15, 0.2) is 66.7 Å². The van der Waals surface area contributed by atoms with E-state index in [9.17, 15) is 35.8 Å². The first-order valence-electron chi connectivity index (χ1n) is 11.0. The lowest BCUT2D eigenvalue weighted by molar-refractivity contribution is -0.274. The van der Waals surface area contributed by atoms with Gasteiger partial charge in [-0.05, 0) is 59.9 Å². The highest BCUT2D eigenvalue weighted by molar-refractivity contribution is 5.67. The van der Waals surface area contributed by atoms with E-state index >= 15 is 0 Å². The van der Waals surface area contributed by atoms with Gasteiger partial charge in [0.25, 0.3) is 0 Å². The monoisotopic (exact) mass is 513 g/mol. The molecule has 1 aliphatic rings. The van der Waals surface area contributed by atoms with Gasteiger partial charge in [0.1, 0.15) is 11.6 Å². The zero-order chi connectivity index (χ0) is 26.3. The van der Waals surface area contributed by atoms with Gasteiger partial charge in [-0.25, -0.2) is 4.39 Å². The predicted molar refractivity (Wildman–Crippen MR) is 119 cm³/mol. The zero-order valence-electron chi connectivity index (χ0n) is 19.0. The lowest BCUT2D eigenvalue weighted by Crippen LogP contribution is -2.44. The third-order valence-corrected chi connectivity index (χ3v) is 6.34. The molecule has 36 heavy (non-hydrogen) atoms. The number of fused-ring (bicyclic) bond motifs is 1. The molecule has 1 heterocycles. The summed E-state index contributed by atoms with van der Waals surface area (Å²) in [6, 6.07) is 16.4. The zero-order valence-corrected chi connectivity index (χ0v) is 19.0. The number of β-amino-alcohol motifs (C(OH)–C–C–N with tert-alkyl or cyclic N) is 1. The molecule has 0 bridgehead atoms. The first-order valence-corrected chi connectivity index (χ1v) is 11.0. The molecular weight excluding hydrogens is 491 g/mol. The molecule has 2 atom stereocenters. The van der Waals surface area contributed by atoms with Gasteiger partial charge in [-0.3, -0.25) is 0 Å². The minimum absolute atomic E-state index is 0.0189. The highest BCUT2D eigenvalue weighted by atomic mass is 19.4. The number of anilines is 1. The van der Waals surface area contributed by atoms with Crippen LogP contribution < -0.4 is 9.64 Å². The van der Waals surface area contributed by atoms with Crippen molar-refractivity contribution in [2.45, 2.75) is 37.4 Å². The molecule has 3 aromatic rings. The van der Waals surface area contributed by atoms with Gasteiger partial charge in [0.15, 0.2) is 6.10 Å². The second-order valence-corrected chi connectivity index (χ2v) is 8.87. The number of benzene rings is 3. The van der Waals surface area contributed by atoms with E-state index < -0.39 is 42.2 Å². The van der Waals surface area contributed by atoms with Crippen molar-refractivity contribution < 1.29 is 40.6 Å². The van der Waals surface area contributed by atoms with Crippen molar-refractivity contribution >= 4 is 5.69 Å². The van der Waals surface area contributed by atoms with Gasteiger partial charge >= 0.3 is 12.5 Å². The molecule has 0 aromatic heterocycles. The highest BCUT2D eigenvalue weighted by Crippen LogP contribution is 2.48. The molecule has 0 fully saturated rings. The lowest BCUT2D eigenvalue weighted by atomic mass is 9.71. The largest absolute Gasteiger partial charge is 0.573 e. The molecule has 192 valence electrons. The third-order valence-electron chi connectivity index (χ3n) is 6.34. The van der Waals surface area contributed by atoms with Crippen molar-refractivity contribution in [2.75, 3.05) is 18.0 Å². The molecule has 1 N–H and O–H groups in total. The van der Waals surface area contributed by atoms with Crippen LogP contribution in [0.3, 0.4) is 0 Å². The van der Waals surface area contributed by atoms with Gasteiger partial charge in [0.2, 0.25) is 0 Å². The molecule has 4 rings (SSSR count). The first-order chi connectivity index (χ1) is 16.8. The molecule has 0 aliphatic carbocycles. The van der Waals surface area contributed by atoms with Crippen molar-refractivity contribution in [3.63, 3.8) is 0 Å². The van der Waals surface area contributed by atoms with Crippen LogP contribution in [-0.2, 0) is 11.8 Å². The summed E-state index contributed by atoms with van der Waals surface area (Å²) in [5, 5.41) is 9.79. The fourth-order valence-electron chi connectivity index (χ4n) is 4.77. The number of aliphatic hydroxyl groups is 1. The summed E-state index contributed by atoms with van der Waals surface area (Å²) in [4.78, 5) is 1.41. The molecule has 3 aromatic carbocycles. The van der Waals surface area contributed by atoms with Crippen LogP contribution in [0.25, 0.3) is 0 Å². The quantitative estimate of drug-likeness (QED) is 0.393. The van der Waals surface area contributed by atoms with E-state index in [4.69, 9.17) is 0 Å². The Morgan fingerprint density at radius 3 is 2.36 bits per heavy atom. The van der Waals surface area contributed by atoms with Gasteiger partial charge in [0, 0.05) is 17.6 Å². The van der Waals surface area contributed by atoms with E-state index in [1.165, 1.54) is 29.2 Å². The first kappa shape index (κ1) is 25.8. The van der Waals surface area contributed by atoms with Crippen LogP contribution in [-0.4, -0.2) is 36.8 Å². The summed E-state index contributed by atoms with van der Waals surface area (Å²) in [6.45, 7) is 0.797. The topological polar surface area (TPSA) is 32.7 Å². The molecule has 0 saturated heterocycles. The maximum absolute atomic E-state index is 14.1. The average Bonchev–Trinajstić information content (AvgIpc) is 3.08. The van der Waals surface area contributed by atoms with Crippen molar-refractivity contribution in [1.29, 1.82) is 0 Å². The van der Waals surface area contributed by atoms with Gasteiger partial charge in [-0.15, -0.1) is 13.2 Å². The Bertz CT molecular complexity index is 1240. The fourth-order valence-corrected chi connectivity index (χ4v) is 4.77. The Kier molecular flexibility index (Phi) is 6.68. The Balaban J connectivity index is 1.83. The highest BCUT2D eigenvalue weighted by Gasteiger charge is 2.47. The Hall–Kier alpha value is -3.27. The lowest BCUT2D eigenvalue weighted by Gasteiger charge is -2.33. The van der Waals surface area contributed by atoms with E-state index in [-0.39, 0.29) is 13.0 Å². The van der Waals surface area contributed by atoms with Crippen LogP contribution in [0.5, 0.6) is 5.75 Å². The maximum atomic E-state index is 14.1. The molecule has 0 amide bonds. The second kappa shape index (κ2) is 9.31. The Morgan fingerprint density at radius 1 is 0.972 bits per heavy atom. The number of aliphatic hydroxyl groups excluding tert-OH is 1. The standard InChI is InChI=1S/C26H22F7NO2/c1-16-11-18(9-10-21(16)27)24(13-17-5-4-6-19(12-17)36-26(31,32)33)15-34(14-23(35)25(28,29)30)22-8-3-2-7-20(22)24/h2-12,23,35H,13-15H2,1H3/t23-,24?/m1/s1. The molecule has 0 saturated carbocycles. The summed E-state index contributed by atoms with van der Waals surface area (Å²) in [7, 11) is 0. The molecule has 0 spiro atoms. The maximum Gasteiger partial charge on any atom is 0.573 e. The van der Waals surface area contributed by atoms with Crippen molar-refractivity contribution in [2.24, 2.45) is 0 Å². The number of rotatable bonds is 6. The Morgan fingerprint density at radius 2 is 1.69 bits per heavy atom. The SMILES string of the molecule is Cc1cc(C2(Cc3cccc(OC(F)(F)F)c3)CN(C[C@@H](O)C(F)(F)F)c3ccccc32)ccc1F. The second-order valence-electron chi connectivity index (χ2n) is 8.87. The predicted octanol–water partition coefficient (Wildman–Crippen LogP) is 6.30. The smallest absolute Gasteiger partial charge is 0.406 e. The molecule has 10 heteroatoms. The third kappa shape index (κ3) is 5.28. The van der Waals surface area contributed by atoms with Crippen LogP contribution in [0, 0.1) is 12.7 Å². The van der Waals surface area contributed by atoms with Crippen LogP contribution in [0.1, 0.15) is 22.3 Å². The molecule has 3 nitrogen and oxygen atoms in total. The summed E-state index contributed by atoms with van der Waals surface area (Å²) in [6.07, 6.45) is -12.3. The van der Waals surface area contributed by atoms with Gasteiger partial charge < -0.3 is 14.7 Å². The number of halogens is 7. The number of hydrogen-bond donors (Lipinski definition) is 1. The number of ether oxygens (including phenoxy) is 1. The number of para-hydroxylation sites is 1. The van der Waals surface area contributed by atoms with Crippen LogP contribution in [0.4, 0.5) is 36.4 Å². The van der Waals surface area contributed by atoms with E-state index in [2.05, 4.69) is 4.74 Å². The molecule has 1 aliphatic heterocycles. The van der Waals surface area contributed by atoms with E-state index in [0.717, 1.165) is 6.07 Å². The molecule has 1 unspecified atom stereocenters. The van der Waals surface area contributed by atoms with E-state index in [1.807, 2.05) is 0 Å². The minimum atomic E-state index is -4.89. The van der Waals surface area contributed by atoms with E-state index in [1.54, 1.807) is 43.3 Å². The van der Waals surface area contributed by atoms with Crippen LogP contribution >= 0.6 is 0 Å². The summed E-state index contributed by atoms with van der Waals surface area (Å²) < 4.78 is 96.1. The van der Waals surface area contributed by atoms with Crippen molar-refractivity contribution in [1.82, 2.24) is 0 Å². The van der Waals surface area contributed by atoms with Crippen molar-refractivity contribution in [3.8, 4) is 5.75 Å². The number of nitrogens with zero attached hydrogens (tertiary/aromatic N) is 1. The summed E-state index contributed by atoms with van der Waals surface area (Å²) in [5.41, 5.74) is 1.36. The normalized spacial score (nSPS) is 18.8. The summed E-state index contributed by atoms with van der Waals surface area (Å²) >= 11 is 0. The number of hydrogen-bond acceptors (Lipinski definition) is 3. The van der Waals surface area contributed by atoms with Gasteiger partial charge in [-0.1, -0.05) is 42.5 Å². The molecular formula is C26H22F7NO2. The van der Waals surface area contributed by atoms with Crippen molar-refractivity contribution in [3.05, 3.63) is 94.8 Å². The van der Waals surface area contributed by atoms with E-state index in [0.29, 0.717) is 27.9 Å². The Labute approximate surface area is 202 Å². The van der Waals surface area contributed by atoms with Gasteiger partial charge in [-0.2, -0.15) is 13.2 Å². The summed E-state index contributed by atoms with van der Waals surface area (Å²) in [5.74, 6) is -0.897. The number of alkyl halides is 6. The average molecular weight is 513 g/mol. The van der Waals surface area contributed by atoms with Crippen LogP contribution in [0.2, 0.25) is 0 Å². The number of aryl methyl sites for hydroxylation is 1. The fraction of sp³-hybridized carbons (Fsp3) is 0.308. The minimum Gasteiger partial charge on any atom is -0.406 e. The molecule has 0 radical (unpaired) electrons.